The van der Waals surface area contributed by atoms with Crippen molar-refractivity contribution >= 4 is 23.2 Å². The average Bonchev–Trinajstić information content (AvgIpc) is 2.48. The first-order valence-electron chi connectivity index (χ1n) is 6.85. The number of ketones is 1. The maximum absolute atomic E-state index is 11.5. The standard InChI is InChI=1S/C17H19NO2S/c1-3-20-17-9-4-13(12(2)19)10-14(17)11-21-16-7-5-15(18)6-8-16/h4-10H,3,11,18H2,1-2H3. The lowest BCUT2D eigenvalue weighted by Gasteiger charge is -2.11. The smallest absolute Gasteiger partial charge is 0.159 e. The van der Waals surface area contributed by atoms with Crippen molar-refractivity contribution in [3.05, 3.63) is 53.6 Å². The number of carbonyl (C=O) groups is 1. The van der Waals surface area contributed by atoms with E-state index in [-0.39, 0.29) is 5.78 Å². The van der Waals surface area contributed by atoms with E-state index in [4.69, 9.17) is 10.5 Å². The fourth-order valence-corrected chi connectivity index (χ4v) is 2.81. The molecular formula is C17H19NO2S. The summed E-state index contributed by atoms with van der Waals surface area (Å²) in [4.78, 5) is 12.7. The molecule has 0 fully saturated rings. The van der Waals surface area contributed by atoms with Crippen molar-refractivity contribution < 1.29 is 9.53 Å². The number of nitrogen functional groups attached to an aromatic ring is 1. The van der Waals surface area contributed by atoms with Crippen LogP contribution in [0.4, 0.5) is 5.69 Å². The van der Waals surface area contributed by atoms with Gasteiger partial charge in [0.05, 0.1) is 6.61 Å². The summed E-state index contributed by atoms with van der Waals surface area (Å²) in [5, 5.41) is 0. The van der Waals surface area contributed by atoms with Crippen LogP contribution >= 0.6 is 11.8 Å². The van der Waals surface area contributed by atoms with Gasteiger partial charge in [-0.05, 0) is 56.3 Å². The molecule has 2 N–H and O–H groups in total. The van der Waals surface area contributed by atoms with Crippen molar-refractivity contribution in [2.75, 3.05) is 12.3 Å². The van der Waals surface area contributed by atoms with Gasteiger partial charge in [-0.3, -0.25) is 4.79 Å². The Morgan fingerprint density at radius 3 is 2.52 bits per heavy atom. The van der Waals surface area contributed by atoms with Gasteiger partial charge in [0.1, 0.15) is 5.75 Å². The molecule has 0 radical (unpaired) electrons. The molecule has 0 saturated carbocycles. The molecule has 4 heteroatoms. The third-order valence-corrected chi connectivity index (χ3v) is 4.10. The van der Waals surface area contributed by atoms with Gasteiger partial charge in [-0.1, -0.05) is 0 Å². The molecule has 0 aliphatic carbocycles. The minimum atomic E-state index is 0.0665. The summed E-state index contributed by atoms with van der Waals surface area (Å²) in [6.45, 7) is 4.14. The van der Waals surface area contributed by atoms with Crippen molar-refractivity contribution in [2.24, 2.45) is 0 Å². The average molecular weight is 301 g/mol. The Morgan fingerprint density at radius 1 is 1.19 bits per heavy atom. The van der Waals surface area contributed by atoms with Crippen LogP contribution in [0, 0.1) is 0 Å². The summed E-state index contributed by atoms with van der Waals surface area (Å²) in [5.41, 5.74) is 8.19. The van der Waals surface area contributed by atoms with Gasteiger partial charge in [0, 0.05) is 27.5 Å². The molecule has 2 rings (SSSR count). The van der Waals surface area contributed by atoms with E-state index in [1.807, 2.05) is 49.4 Å². The fraction of sp³-hybridized carbons (Fsp3) is 0.235. The van der Waals surface area contributed by atoms with Crippen LogP contribution in [0.15, 0.2) is 47.4 Å². The molecule has 2 aromatic carbocycles. The second kappa shape index (κ2) is 7.18. The normalized spacial score (nSPS) is 10.4. The van der Waals surface area contributed by atoms with Crippen LogP contribution < -0.4 is 10.5 Å². The number of carbonyl (C=O) groups excluding carboxylic acids is 1. The molecule has 0 aromatic heterocycles. The first-order valence-corrected chi connectivity index (χ1v) is 7.83. The largest absolute Gasteiger partial charge is 0.494 e. The molecule has 0 spiro atoms. The van der Waals surface area contributed by atoms with Crippen LogP contribution in [-0.4, -0.2) is 12.4 Å². The maximum Gasteiger partial charge on any atom is 0.159 e. The monoisotopic (exact) mass is 301 g/mol. The summed E-state index contributed by atoms with van der Waals surface area (Å²) in [5.74, 6) is 1.66. The Labute approximate surface area is 129 Å². The lowest BCUT2D eigenvalue weighted by molar-refractivity contribution is 0.101. The van der Waals surface area contributed by atoms with Gasteiger partial charge in [-0.2, -0.15) is 0 Å². The van der Waals surface area contributed by atoms with Gasteiger partial charge in [-0.25, -0.2) is 0 Å². The Bertz CT molecular complexity index is 623. The molecule has 0 atom stereocenters. The zero-order chi connectivity index (χ0) is 15.2. The van der Waals surface area contributed by atoms with Crippen molar-refractivity contribution in [3.8, 4) is 5.75 Å². The maximum atomic E-state index is 11.5. The number of rotatable bonds is 6. The molecule has 0 heterocycles. The van der Waals surface area contributed by atoms with Gasteiger partial charge < -0.3 is 10.5 Å². The van der Waals surface area contributed by atoms with E-state index >= 15 is 0 Å². The second-order valence-electron chi connectivity index (χ2n) is 4.67. The second-order valence-corrected chi connectivity index (χ2v) is 5.72. The third kappa shape index (κ3) is 4.26. The topological polar surface area (TPSA) is 52.3 Å². The molecule has 0 aliphatic heterocycles. The highest BCUT2D eigenvalue weighted by Crippen LogP contribution is 2.29. The minimum absolute atomic E-state index is 0.0665. The van der Waals surface area contributed by atoms with Gasteiger partial charge in [0.2, 0.25) is 0 Å². The SMILES string of the molecule is CCOc1ccc(C(C)=O)cc1CSc1ccc(N)cc1. The van der Waals surface area contributed by atoms with Crippen molar-refractivity contribution in [1.29, 1.82) is 0 Å². The van der Waals surface area contributed by atoms with E-state index in [1.165, 1.54) is 0 Å². The zero-order valence-corrected chi connectivity index (χ0v) is 13.1. The van der Waals surface area contributed by atoms with Crippen molar-refractivity contribution in [1.82, 2.24) is 0 Å². The molecular weight excluding hydrogens is 282 g/mol. The quantitative estimate of drug-likeness (QED) is 0.494. The molecule has 0 unspecified atom stereocenters. The highest BCUT2D eigenvalue weighted by Gasteiger charge is 2.08. The van der Waals surface area contributed by atoms with E-state index < -0.39 is 0 Å². The van der Waals surface area contributed by atoms with E-state index in [0.29, 0.717) is 12.2 Å². The number of nitrogens with two attached hydrogens (primary N) is 1. The summed E-state index contributed by atoms with van der Waals surface area (Å²) in [7, 11) is 0. The van der Waals surface area contributed by atoms with Crippen LogP contribution in [0.2, 0.25) is 0 Å². The molecule has 2 aromatic rings. The highest BCUT2D eigenvalue weighted by molar-refractivity contribution is 7.98. The van der Waals surface area contributed by atoms with Crippen LogP contribution in [0.5, 0.6) is 5.75 Å². The van der Waals surface area contributed by atoms with Crippen molar-refractivity contribution in [3.63, 3.8) is 0 Å². The van der Waals surface area contributed by atoms with Crippen LogP contribution in [0.1, 0.15) is 29.8 Å². The third-order valence-electron chi connectivity index (χ3n) is 3.04. The molecule has 3 nitrogen and oxygen atoms in total. The summed E-state index contributed by atoms with van der Waals surface area (Å²) >= 11 is 1.70. The first-order chi connectivity index (χ1) is 10.1. The Balaban J connectivity index is 2.17. The van der Waals surface area contributed by atoms with E-state index in [9.17, 15) is 4.79 Å². The van der Waals surface area contributed by atoms with Crippen LogP contribution in [0.25, 0.3) is 0 Å². The molecule has 110 valence electrons. The predicted molar refractivity (Wildman–Crippen MR) is 88.0 cm³/mol. The summed E-state index contributed by atoms with van der Waals surface area (Å²) < 4.78 is 5.63. The number of benzene rings is 2. The Morgan fingerprint density at radius 2 is 1.90 bits per heavy atom. The number of ether oxygens (including phenoxy) is 1. The lowest BCUT2D eigenvalue weighted by Crippen LogP contribution is -1.99. The number of anilines is 1. The Kier molecular flexibility index (Phi) is 5.28. The molecule has 0 aliphatic rings. The predicted octanol–water partition coefficient (Wildman–Crippen LogP) is 4.16. The number of thioether (sulfide) groups is 1. The van der Waals surface area contributed by atoms with Gasteiger partial charge in [0.25, 0.3) is 0 Å². The van der Waals surface area contributed by atoms with Gasteiger partial charge in [-0.15, -0.1) is 11.8 Å². The van der Waals surface area contributed by atoms with Crippen molar-refractivity contribution in [2.45, 2.75) is 24.5 Å². The number of Topliss-reactive ketones (excluding diaryl/α,β-unsaturated/α-hetero) is 1. The first kappa shape index (κ1) is 15.4. The molecule has 0 saturated heterocycles. The van der Waals surface area contributed by atoms with Crippen LogP contribution in [0.3, 0.4) is 0 Å². The number of hydrogen-bond donors (Lipinski definition) is 1. The Hall–Kier alpha value is -1.94. The molecule has 0 bridgehead atoms. The van der Waals surface area contributed by atoms with E-state index in [1.54, 1.807) is 18.7 Å². The van der Waals surface area contributed by atoms with E-state index in [2.05, 4.69) is 0 Å². The van der Waals surface area contributed by atoms with E-state index in [0.717, 1.165) is 27.6 Å². The summed E-state index contributed by atoms with van der Waals surface area (Å²) in [6, 6.07) is 13.4. The zero-order valence-electron chi connectivity index (χ0n) is 12.3. The van der Waals surface area contributed by atoms with Crippen LogP contribution in [-0.2, 0) is 5.75 Å². The number of hydrogen-bond acceptors (Lipinski definition) is 4. The summed E-state index contributed by atoms with van der Waals surface area (Å²) in [6.07, 6.45) is 0. The minimum Gasteiger partial charge on any atom is -0.494 e. The van der Waals surface area contributed by atoms with Gasteiger partial charge in [0.15, 0.2) is 5.78 Å². The fourth-order valence-electron chi connectivity index (χ4n) is 1.93. The lowest BCUT2D eigenvalue weighted by atomic mass is 10.1. The van der Waals surface area contributed by atoms with Gasteiger partial charge >= 0.3 is 0 Å². The molecule has 21 heavy (non-hydrogen) atoms. The highest BCUT2D eigenvalue weighted by atomic mass is 32.2. The molecule has 0 amide bonds.